The van der Waals surface area contributed by atoms with Crippen molar-refractivity contribution >= 4 is 23.7 Å². The highest BCUT2D eigenvalue weighted by atomic mass is 16.5. The molecule has 2 atom stereocenters. The van der Waals surface area contributed by atoms with Crippen molar-refractivity contribution in [2.24, 2.45) is 0 Å². The van der Waals surface area contributed by atoms with Gasteiger partial charge in [0.2, 0.25) is 0 Å². The van der Waals surface area contributed by atoms with Crippen molar-refractivity contribution in [3.8, 4) is 0 Å². The van der Waals surface area contributed by atoms with E-state index < -0.39 is 29.9 Å². The second-order valence-corrected chi connectivity index (χ2v) is 5.51. The number of likely N-dealkylation sites (N-methyl/N-ethyl adjacent to an activating group) is 1. The quantitative estimate of drug-likeness (QED) is 0.602. The summed E-state index contributed by atoms with van der Waals surface area (Å²) in [5.74, 6) is -2.27. The third kappa shape index (κ3) is 2.94. The minimum absolute atomic E-state index is 0.259. The standard InChI is InChI=1S/C16H18N2O5/c1-9(16(22)23-10(2)13(19)17(3)4)18-14(20)11-7-5-6-8-12(11)15(18)21/h5-10H,1-4H3/t9-,10+/m0/s1. The van der Waals surface area contributed by atoms with E-state index in [0.717, 1.165) is 4.90 Å². The summed E-state index contributed by atoms with van der Waals surface area (Å²) in [4.78, 5) is 50.7. The Bertz CT molecular complexity index is 648. The van der Waals surface area contributed by atoms with Gasteiger partial charge in [-0.1, -0.05) is 12.1 Å². The summed E-state index contributed by atoms with van der Waals surface area (Å²) in [6.45, 7) is 2.84. The highest BCUT2D eigenvalue weighted by Crippen LogP contribution is 2.24. The van der Waals surface area contributed by atoms with Crippen molar-refractivity contribution < 1.29 is 23.9 Å². The smallest absolute Gasteiger partial charge is 0.329 e. The first-order chi connectivity index (χ1) is 10.8. The highest BCUT2D eigenvalue weighted by molar-refractivity contribution is 6.22. The molecule has 7 heteroatoms. The van der Waals surface area contributed by atoms with Crippen LogP contribution in [0, 0.1) is 0 Å². The average molecular weight is 318 g/mol. The van der Waals surface area contributed by atoms with E-state index in [4.69, 9.17) is 4.74 Å². The number of hydrogen-bond acceptors (Lipinski definition) is 5. The Morgan fingerprint density at radius 1 is 1.04 bits per heavy atom. The molecule has 2 rings (SSSR count). The van der Waals surface area contributed by atoms with Gasteiger partial charge in [0.05, 0.1) is 11.1 Å². The molecule has 1 aromatic carbocycles. The number of carbonyl (C=O) groups excluding carboxylic acids is 4. The van der Waals surface area contributed by atoms with Crippen molar-refractivity contribution in [2.45, 2.75) is 26.0 Å². The number of esters is 1. The number of benzene rings is 1. The first-order valence-electron chi connectivity index (χ1n) is 7.14. The minimum Gasteiger partial charge on any atom is -0.451 e. The number of imide groups is 1. The number of carbonyl (C=O) groups is 4. The molecule has 0 radical (unpaired) electrons. The van der Waals surface area contributed by atoms with Gasteiger partial charge in [-0.15, -0.1) is 0 Å². The fourth-order valence-corrected chi connectivity index (χ4v) is 2.35. The number of hydrogen-bond donors (Lipinski definition) is 0. The normalized spacial score (nSPS) is 15.9. The van der Waals surface area contributed by atoms with Gasteiger partial charge in [0.1, 0.15) is 6.04 Å². The first kappa shape index (κ1) is 16.7. The number of amides is 3. The average Bonchev–Trinajstić information content (AvgIpc) is 2.77. The van der Waals surface area contributed by atoms with Gasteiger partial charge in [-0.05, 0) is 26.0 Å². The van der Waals surface area contributed by atoms with Gasteiger partial charge < -0.3 is 9.64 Å². The molecule has 0 aromatic heterocycles. The lowest BCUT2D eigenvalue weighted by molar-refractivity contribution is -0.160. The van der Waals surface area contributed by atoms with E-state index in [-0.39, 0.29) is 17.0 Å². The van der Waals surface area contributed by atoms with Crippen LogP contribution in [0.1, 0.15) is 34.6 Å². The molecule has 1 aliphatic heterocycles. The topological polar surface area (TPSA) is 84.0 Å². The maximum Gasteiger partial charge on any atom is 0.329 e. The van der Waals surface area contributed by atoms with Crippen molar-refractivity contribution in [1.29, 1.82) is 0 Å². The van der Waals surface area contributed by atoms with Crippen LogP contribution in [0.15, 0.2) is 24.3 Å². The molecule has 0 saturated carbocycles. The van der Waals surface area contributed by atoms with Crippen LogP contribution < -0.4 is 0 Å². The SMILES string of the molecule is C[C@@H](OC(=O)[C@H](C)N1C(=O)c2ccccc2C1=O)C(=O)N(C)C. The van der Waals surface area contributed by atoms with Gasteiger partial charge in [-0.3, -0.25) is 19.3 Å². The second kappa shape index (κ2) is 6.20. The van der Waals surface area contributed by atoms with E-state index in [1.807, 2.05) is 0 Å². The zero-order valence-corrected chi connectivity index (χ0v) is 13.4. The Kier molecular flexibility index (Phi) is 4.49. The molecule has 0 unspecified atom stereocenters. The van der Waals surface area contributed by atoms with E-state index in [1.165, 1.54) is 30.9 Å². The fraction of sp³-hybridized carbons (Fsp3) is 0.375. The summed E-state index contributed by atoms with van der Waals surface area (Å²) in [5, 5.41) is 0. The maximum absolute atomic E-state index is 12.3. The lowest BCUT2D eigenvalue weighted by Crippen LogP contribution is -2.46. The minimum atomic E-state index is -1.11. The molecule has 0 fully saturated rings. The van der Waals surface area contributed by atoms with Crippen LogP contribution in [-0.4, -0.2) is 59.7 Å². The molecular formula is C16H18N2O5. The molecule has 0 N–H and O–H groups in total. The molecule has 1 aromatic rings. The van der Waals surface area contributed by atoms with Crippen LogP contribution in [-0.2, 0) is 14.3 Å². The summed E-state index contributed by atoms with van der Waals surface area (Å²) >= 11 is 0. The zero-order valence-electron chi connectivity index (χ0n) is 13.4. The molecular weight excluding hydrogens is 300 g/mol. The summed E-state index contributed by atoms with van der Waals surface area (Å²) in [6.07, 6.45) is -0.991. The largest absolute Gasteiger partial charge is 0.451 e. The van der Waals surface area contributed by atoms with E-state index in [0.29, 0.717) is 0 Å². The van der Waals surface area contributed by atoms with Crippen LogP contribution in [0.3, 0.4) is 0 Å². The van der Waals surface area contributed by atoms with Gasteiger partial charge in [0.15, 0.2) is 6.10 Å². The van der Waals surface area contributed by atoms with Crippen LogP contribution >= 0.6 is 0 Å². The van der Waals surface area contributed by atoms with E-state index in [1.54, 1.807) is 26.2 Å². The predicted octanol–water partition coefficient (Wildman–Crippen LogP) is 0.691. The second-order valence-electron chi connectivity index (χ2n) is 5.51. The van der Waals surface area contributed by atoms with Gasteiger partial charge in [-0.2, -0.15) is 0 Å². The molecule has 0 saturated heterocycles. The van der Waals surface area contributed by atoms with Crippen LogP contribution in [0.25, 0.3) is 0 Å². The fourth-order valence-electron chi connectivity index (χ4n) is 2.35. The third-order valence-electron chi connectivity index (χ3n) is 3.64. The molecule has 1 heterocycles. The van der Waals surface area contributed by atoms with Crippen molar-refractivity contribution in [3.05, 3.63) is 35.4 Å². The molecule has 7 nitrogen and oxygen atoms in total. The van der Waals surface area contributed by atoms with Crippen LogP contribution in [0.2, 0.25) is 0 Å². The van der Waals surface area contributed by atoms with Gasteiger partial charge in [0, 0.05) is 14.1 Å². The van der Waals surface area contributed by atoms with Gasteiger partial charge in [0.25, 0.3) is 17.7 Å². The van der Waals surface area contributed by atoms with E-state index in [9.17, 15) is 19.2 Å². The molecule has 3 amide bonds. The monoisotopic (exact) mass is 318 g/mol. The van der Waals surface area contributed by atoms with Crippen molar-refractivity contribution in [3.63, 3.8) is 0 Å². The van der Waals surface area contributed by atoms with Gasteiger partial charge in [-0.25, -0.2) is 4.79 Å². The Morgan fingerprint density at radius 2 is 1.52 bits per heavy atom. The number of nitrogens with zero attached hydrogens (tertiary/aromatic N) is 2. The Morgan fingerprint density at radius 3 is 1.96 bits per heavy atom. The third-order valence-corrected chi connectivity index (χ3v) is 3.64. The predicted molar refractivity (Wildman–Crippen MR) is 80.7 cm³/mol. The first-order valence-corrected chi connectivity index (χ1v) is 7.14. The lowest BCUT2D eigenvalue weighted by atomic mass is 10.1. The van der Waals surface area contributed by atoms with Crippen LogP contribution in [0.4, 0.5) is 0 Å². The van der Waals surface area contributed by atoms with E-state index >= 15 is 0 Å². The summed E-state index contributed by atoms with van der Waals surface area (Å²) in [5.41, 5.74) is 0.518. The summed E-state index contributed by atoms with van der Waals surface area (Å²) < 4.78 is 5.07. The van der Waals surface area contributed by atoms with Crippen molar-refractivity contribution in [2.75, 3.05) is 14.1 Å². The molecule has 1 aliphatic rings. The Labute approximate surface area is 133 Å². The van der Waals surface area contributed by atoms with Crippen LogP contribution in [0.5, 0.6) is 0 Å². The van der Waals surface area contributed by atoms with Gasteiger partial charge >= 0.3 is 5.97 Å². The summed E-state index contributed by atoms with van der Waals surface area (Å²) in [6, 6.07) is 5.25. The molecule has 0 aliphatic carbocycles. The lowest BCUT2D eigenvalue weighted by Gasteiger charge is -2.23. The molecule has 0 spiro atoms. The molecule has 0 bridgehead atoms. The summed E-state index contributed by atoms with van der Waals surface area (Å²) in [7, 11) is 3.08. The molecule has 122 valence electrons. The van der Waals surface area contributed by atoms with E-state index in [2.05, 4.69) is 0 Å². The molecule has 23 heavy (non-hydrogen) atoms. The number of rotatable bonds is 4. The Balaban J connectivity index is 2.14. The number of ether oxygens (including phenoxy) is 1. The zero-order chi connectivity index (χ0) is 17.3. The Hall–Kier alpha value is -2.70. The number of fused-ring (bicyclic) bond motifs is 1. The maximum atomic E-state index is 12.3. The highest BCUT2D eigenvalue weighted by Gasteiger charge is 2.41. The van der Waals surface area contributed by atoms with Crippen molar-refractivity contribution in [1.82, 2.24) is 9.80 Å².